The van der Waals surface area contributed by atoms with E-state index < -0.39 is 17.3 Å². The second-order valence-electron chi connectivity index (χ2n) is 9.43. The fourth-order valence-electron chi connectivity index (χ4n) is 5.66. The predicted octanol–water partition coefficient (Wildman–Crippen LogP) is 4.23. The molecule has 0 heterocycles. The maximum Gasteiger partial charge on any atom is 0.308 e. The first-order chi connectivity index (χ1) is 14.4. The summed E-state index contributed by atoms with van der Waals surface area (Å²) >= 11 is 0. The number of carboxylic acid groups (broad SMARTS) is 1. The highest BCUT2D eigenvalue weighted by Crippen LogP contribution is 2.46. The molecule has 2 saturated carbocycles. The molecule has 2 fully saturated rings. The van der Waals surface area contributed by atoms with Crippen molar-refractivity contribution in [3.63, 3.8) is 0 Å². The van der Waals surface area contributed by atoms with E-state index in [1.807, 2.05) is 6.92 Å². The third kappa shape index (κ3) is 5.44. The van der Waals surface area contributed by atoms with E-state index in [9.17, 15) is 19.5 Å². The molecule has 0 aromatic heterocycles. The summed E-state index contributed by atoms with van der Waals surface area (Å²) in [6, 6.07) is 0.0681. The van der Waals surface area contributed by atoms with Gasteiger partial charge in [-0.25, -0.2) is 0 Å². The number of hydrogen-bond donors (Lipinski definition) is 2. The molecule has 3 aliphatic carbocycles. The summed E-state index contributed by atoms with van der Waals surface area (Å²) in [5.74, 6) is -1.40. The highest BCUT2D eigenvalue weighted by Gasteiger charge is 2.46. The number of carbonyl (C=O) groups excluding carboxylic acids is 2. The molecule has 2 unspecified atom stereocenters. The van der Waals surface area contributed by atoms with E-state index in [1.54, 1.807) is 0 Å². The number of hydrogen-bond acceptors (Lipinski definition) is 4. The van der Waals surface area contributed by atoms with Crippen LogP contribution in [0.2, 0.25) is 0 Å². The van der Waals surface area contributed by atoms with E-state index in [1.165, 1.54) is 0 Å². The van der Waals surface area contributed by atoms with Crippen LogP contribution in [0.1, 0.15) is 84.0 Å². The van der Waals surface area contributed by atoms with Gasteiger partial charge >= 0.3 is 11.9 Å². The summed E-state index contributed by atoms with van der Waals surface area (Å²) in [5.41, 5.74) is -0.563. The zero-order chi connectivity index (χ0) is 21.6. The summed E-state index contributed by atoms with van der Waals surface area (Å²) < 4.78 is 5.13. The molecule has 0 saturated heterocycles. The lowest BCUT2D eigenvalue weighted by Gasteiger charge is -2.36. The first-order valence-corrected chi connectivity index (χ1v) is 11.8. The smallest absolute Gasteiger partial charge is 0.308 e. The van der Waals surface area contributed by atoms with E-state index >= 15 is 0 Å². The lowest BCUT2D eigenvalue weighted by Crippen LogP contribution is -2.47. The molecular formula is C24H37NO5. The Kier molecular flexibility index (Phi) is 7.95. The largest absolute Gasteiger partial charge is 0.481 e. The Morgan fingerprint density at radius 3 is 2.37 bits per heavy atom. The molecule has 0 spiro atoms. The monoisotopic (exact) mass is 419 g/mol. The average Bonchev–Trinajstić information content (AvgIpc) is 3.23. The van der Waals surface area contributed by atoms with Crippen molar-refractivity contribution in [1.29, 1.82) is 0 Å². The Balaban J connectivity index is 1.61. The van der Waals surface area contributed by atoms with Crippen LogP contribution in [0, 0.1) is 23.2 Å². The third-order valence-electron chi connectivity index (χ3n) is 7.46. The highest BCUT2D eigenvalue weighted by molar-refractivity contribution is 5.84. The molecule has 0 radical (unpaired) electrons. The van der Waals surface area contributed by atoms with Crippen LogP contribution in [0.3, 0.4) is 0 Å². The van der Waals surface area contributed by atoms with E-state index in [0.717, 1.165) is 70.6 Å². The van der Waals surface area contributed by atoms with Crippen LogP contribution in [0.15, 0.2) is 12.2 Å². The topological polar surface area (TPSA) is 92.7 Å². The predicted molar refractivity (Wildman–Crippen MR) is 114 cm³/mol. The fraction of sp³-hybridized carbons (Fsp3) is 0.792. The molecule has 3 aliphatic rings. The molecular weight excluding hydrogens is 382 g/mol. The Bertz CT molecular complexity index is 644. The molecule has 0 aliphatic heterocycles. The molecule has 0 bridgehead atoms. The second-order valence-corrected chi connectivity index (χ2v) is 9.43. The van der Waals surface area contributed by atoms with Crippen molar-refractivity contribution in [3.05, 3.63) is 12.2 Å². The number of amides is 1. The second kappa shape index (κ2) is 10.5. The molecule has 168 valence electrons. The van der Waals surface area contributed by atoms with Crippen molar-refractivity contribution in [2.45, 2.75) is 90.0 Å². The Morgan fingerprint density at radius 2 is 1.80 bits per heavy atom. The maximum absolute atomic E-state index is 13.4. The van der Waals surface area contributed by atoms with Crippen molar-refractivity contribution < 1.29 is 24.2 Å². The minimum absolute atomic E-state index is 0.0292. The van der Waals surface area contributed by atoms with Gasteiger partial charge in [0.05, 0.1) is 23.9 Å². The summed E-state index contributed by atoms with van der Waals surface area (Å²) in [6.45, 7) is 2.22. The first kappa shape index (κ1) is 22.8. The third-order valence-corrected chi connectivity index (χ3v) is 7.46. The lowest BCUT2D eigenvalue weighted by atomic mass is 9.71. The molecule has 1 amide bonds. The number of ether oxygens (including phenoxy) is 1. The van der Waals surface area contributed by atoms with Crippen molar-refractivity contribution in [1.82, 2.24) is 5.32 Å². The van der Waals surface area contributed by atoms with Gasteiger partial charge in [0.1, 0.15) is 0 Å². The average molecular weight is 420 g/mol. The first-order valence-electron chi connectivity index (χ1n) is 11.8. The van der Waals surface area contributed by atoms with Crippen molar-refractivity contribution in [2.75, 3.05) is 6.61 Å². The van der Waals surface area contributed by atoms with Crippen LogP contribution >= 0.6 is 0 Å². The molecule has 0 aromatic rings. The molecule has 0 aromatic carbocycles. The summed E-state index contributed by atoms with van der Waals surface area (Å²) in [5, 5.41) is 13.2. The molecule has 6 heteroatoms. The van der Waals surface area contributed by atoms with Crippen molar-refractivity contribution in [3.8, 4) is 0 Å². The van der Waals surface area contributed by atoms with Gasteiger partial charge in [0.25, 0.3) is 0 Å². The van der Waals surface area contributed by atoms with Gasteiger partial charge in [-0.05, 0) is 77.0 Å². The summed E-state index contributed by atoms with van der Waals surface area (Å²) in [7, 11) is 0. The lowest BCUT2D eigenvalue weighted by molar-refractivity contribution is -0.149. The van der Waals surface area contributed by atoms with E-state index in [0.29, 0.717) is 13.0 Å². The van der Waals surface area contributed by atoms with Gasteiger partial charge in [-0.2, -0.15) is 0 Å². The van der Waals surface area contributed by atoms with Crippen LogP contribution in [-0.2, 0) is 19.1 Å². The number of aliphatic carboxylic acids is 1. The molecule has 2 atom stereocenters. The van der Waals surface area contributed by atoms with Gasteiger partial charge in [-0.1, -0.05) is 25.0 Å². The number of carbonyl (C=O) groups is 3. The fourth-order valence-corrected chi connectivity index (χ4v) is 5.66. The van der Waals surface area contributed by atoms with E-state index in [2.05, 4.69) is 17.5 Å². The molecule has 3 rings (SSSR count). The van der Waals surface area contributed by atoms with Crippen LogP contribution in [0.4, 0.5) is 0 Å². The summed E-state index contributed by atoms with van der Waals surface area (Å²) in [6.07, 6.45) is 14.1. The number of esters is 1. The van der Waals surface area contributed by atoms with Gasteiger partial charge in [-0.3, -0.25) is 14.4 Å². The summed E-state index contributed by atoms with van der Waals surface area (Å²) in [4.78, 5) is 37.4. The minimum Gasteiger partial charge on any atom is -0.481 e. The van der Waals surface area contributed by atoms with E-state index in [4.69, 9.17) is 4.74 Å². The van der Waals surface area contributed by atoms with Crippen LogP contribution < -0.4 is 5.32 Å². The van der Waals surface area contributed by atoms with Crippen molar-refractivity contribution in [2.24, 2.45) is 23.2 Å². The molecule has 2 N–H and O–H groups in total. The van der Waals surface area contributed by atoms with Gasteiger partial charge in [0, 0.05) is 6.04 Å². The zero-order valence-corrected chi connectivity index (χ0v) is 18.2. The van der Waals surface area contributed by atoms with Crippen molar-refractivity contribution >= 4 is 17.8 Å². The van der Waals surface area contributed by atoms with Crippen LogP contribution in [0.25, 0.3) is 0 Å². The number of rotatable bonds is 8. The SMILES string of the molecule is CCOC(=O)C1CCC(NC(=O)C2(CC(C(=O)O)C3C=CCCC3)CCCC2)CC1. The number of carboxylic acids is 1. The van der Waals surface area contributed by atoms with Gasteiger partial charge in [0.2, 0.25) is 5.91 Å². The Morgan fingerprint density at radius 1 is 1.10 bits per heavy atom. The standard InChI is InChI=1S/C24H37NO5/c1-2-30-22(28)18-10-12-19(13-11-18)25-23(29)24(14-6-7-15-24)16-20(21(26)27)17-8-4-3-5-9-17/h4,8,17-20H,2-3,5-7,9-16H2,1H3,(H,25,29)(H,26,27). The maximum atomic E-state index is 13.4. The van der Waals surface area contributed by atoms with Gasteiger partial charge in [0.15, 0.2) is 0 Å². The Labute approximate surface area is 179 Å². The van der Waals surface area contributed by atoms with Gasteiger partial charge < -0.3 is 15.2 Å². The Hall–Kier alpha value is -1.85. The van der Waals surface area contributed by atoms with E-state index in [-0.39, 0.29) is 29.8 Å². The quantitative estimate of drug-likeness (QED) is 0.454. The molecule has 6 nitrogen and oxygen atoms in total. The minimum atomic E-state index is -0.777. The van der Waals surface area contributed by atoms with Crippen LogP contribution in [-0.4, -0.2) is 35.6 Å². The number of nitrogens with one attached hydrogen (secondary N) is 1. The zero-order valence-electron chi connectivity index (χ0n) is 18.2. The van der Waals surface area contributed by atoms with Crippen LogP contribution in [0.5, 0.6) is 0 Å². The highest BCUT2D eigenvalue weighted by atomic mass is 16.5. The molecule has 30 heavy (non-hydrogen) atoms. The number of allylic oxidation sites excluding steroid dienone is 2. The van der Waals surface area contributed by atoms with Gasteiger partial charge in [-0.15, -0.1) is 0 Å². The normalized spacial score (nSPS) is 29.2.